The van der Waals surface area contributed by atoms with Gasteiger partial charge in [-0.25, -0.2) is 0 Å². The van der Waals surface area contributed by atoms with Crippen LogP contribution in [-0.2, 0) is 13.0 Å². The number of nitrogens with zero attached hydrogens (tertiary/aromatic N) is 3. The SMILES string of the molecule is Cc1ccc(CCNC(=O)c2cc3n(n2)CC(C)NC3=O)nc1. The second kappa shape index (κ2) is 6.20. The third kappa shape index (κ3) is 3.39. The Morgan fingerprint density at radius 2 is 2.30 bits per heavy atom. The van der Waals surface area contributed by atoms with Crippen LogP contribution in [0.2, 0.25) is 0 Å². The normalized spacial score (nSPS) is 16.6. The summed E-state index contributed by atoms with van der Waals surface area (Å²) in [5.41, 5.74) is 2.72. The van der Waals surface area contributed by atoms with E-state index in [2.05, 4.69) is 20.7 Å². The van der Waals surface area contributed by atoms with E-state index in [4.69, 9.17) is 0 Å². The van der Waals surface area contributed by atoms with E-state index in [1.807, 2.05) is 26.0 Å². The number of hydrogen-bond donors (Lipinski definition) is 2. The molecule has 0 fully saturated rings. The number of nitrogens with one attached hydrogen (secondary N) is 2. The molecule has 3 heterocycles. The van der Waals surface area contributed by atoms with Crippen LogP contribution in [0.3, 0.4) is 0 Å². The van der Waals surface area contributed by atoms with Crippen LogP contribution in [0.15, 0.2) is 24.4 Å². The first-order valence-electron chi connectivity index (χ1n) is 7.61. The number of rotatable bonds is 4. The predicted molar refractivity (Wildman–Crippen MR) is 84.2 cm³/mol. The summed E-state index contributed by atoms with van der Waals surface area (Å²) in [4.78, 5) is 28.3. The fourth-order valence-corrected chi connectivity index (χ4v) is 2.49. The molecule has 0 saturated heterocycles. The molecule has 0 saturated carbocycles. The van der Waals surface area contributed by atoms with Crippen molar-refractivity contribution >= 4 is 11.8 Å². The molecule has 1 atom stereocenters. The molecule has 0 bridgehead atoms. The van der Waals surface area contributed by atoms with Gasteiger partial charge in [0.1, 0.15) is 5.69 Å². The molecule has 0 aliphatic carbocycles. The zero-order chi connectivity index (χ0) is 16.4. The van der Waals surface area contributed by atoms with Crippen molar-refractivity contribution in [1.29, 1.82) is 0 Å². The highest BCUT2D eigenvalue weighted by Gasteiger charge is 2.25. The van der Waals surface area contributed by atoms with Crippen molar-refractivity contribution in [3.05, 3.63) is 47.0 Å². The number of fused-ring (bicyclic) bond motifs is 1. The van der Waals surface area contributed by atoms with Gasteiger partial charge in [-0.15, -0.1) is 0 Å². The second-order valence-corrected chi connectivity index (χ2v) is 5.80. The minimum Gasteiger partial charge on any atom is -0.350 e. The zero-order valence-corrected chi connectivity index (χ0v) is 13.2. The van der Waals surface area contributed by atoms with Gasteiger partial charge in [0.25, 0.3) is 11.8 Å². The molecule has 0 radical (unpaired) electrons. The number of aryl methyl sites for hydroxylation is 1. The first kappa shape index (κ1) is 15.2. The molecule has 7 nitrogen and oxygen atoms in total. The zero-order valence-electron chi connectivity index (χ0n) is 13.2. The van der Waals surface area contributed by atoms with Crippen LogP contribution in [0.5, 0.6) is 0 Å². The van der Waals surface area contributed by atoms with E-state index in [1.165, 1.54) is 6.07 Å². The molecule has 7 heteroatoms. The van der Waals surface area contributed by atoms with Gasteiger partial charge in [-0.05, 0) is 25.5 Å². The lowest BCUT2D eigenvalue weighted by Crippen LogP contribution is -2.42. The van der Waals surface area contributed by atoms with Crippen LogP contribution in [0, 0.1) is 6.92 Å². The third-order valence-electron chi connectivity index (χ3n) is 3.71. The molecule has 1 unspecified atom stereocenters. The third-order valence-corrected chi connectivity index (χ3v) is 3.71. The summed E-state index contributed by atoms with van der Waals surface area (Å²) in [6, 6.07) is 5.48. The number of carbonyl (C=O) groups is 2. The van der Waals surface area contributed by atoms with Crippen LogP contribution in [0.25, 0.3) is 0 Å². The Bertz CT molecular complexity index is 735. The molecule has 2 aromatic heterocycles. The highest BCUT2D eigenvalue weighted by Crippen LogP contribution is 2.10. The lowest BCUT2D eigenvalue weighted by molar-refractivity contribution is 0.0898. The van der Waals surface area contributed by atoms with E-state index in [9.17, 15) is 9.59 Å². The smallest absolute Gasteiger partial charge is 0.271 e. The molecule has 3 rings (SSSR count). The van der Waals surface area contributed by atoms with Gasteiger partial charge in [-0.3, -0.25) is 19.3 Å². The average Bonchev–Trinajstić information content (AvgIpc) is 2.93. The molecular formula is C16H19N5O2. The Kier molecular flexibility index (Phi) is 4.10. The van der Waals surface area contributed by atoms with Crippen LogP contribution in [-0.4, -0.2) is 39.2 Å². The number of aromatic nitrogens is 3. The Morgan fingerprint density at radius 3 is 3.04 bits per heavy atom. The van der Waals surface area contributed by atoms with Gasteiger partial charge in [0, 0.05) is 37.0 Å². The molecule has 1 aliphatic heterocycles. The van der Waals surface area contributed by atoms with Crippen molar-refractivity contribution in [2.24, 2.45) is 0 Å². The molecule has 2 amide bonds. The molecular weight excluding hydrogens is 294 g/mol. The van der Waals surface area contributed by atoms with Crippen molar-refractivity contribution in [1.82, 2.24) is 25.4 Å². The Labute approximate surface area is 134 Å². The minimum absolute atomic E-state index is 0.0124. The standard InChI is InChI=1S/C16H19N5O2/c1-10-3-4-12(18-8-10)5-6-17-15(22)13-7-14-16(23)19-11(2)9-21(14)20-13/h3-4,7-8,11H,5-6,9H2,1-2H3,(H,17,22)(H,19,23). The van der Waals surface area contributed by atoms with Crippen LogP contribution in [0.4, 0.5) is 0 Å². The van der Waals surface area contributed by atoms with Crippen LogP contribution >= 0.6 is 0 Å². The summed E-state index contributed by atoms with van der Waals surface area (Å²) in [6.45, 7) is 4.92. The summed E-state index contributed by atoms with van der Waals surface area (Å²) < 4.78 is 1.58. The summed E-state index contributed by atoms with van der Waals surface area (Å²) in [6.07, 6.45) is 2.46. The first-order chi connectivity index (χ1) is 11.0. The summed E-state index contributed by atoms with van der Waals surface area (Å²) in [5, 5.41) is 9.84. The van der Waals surface area contributed by atoms with Gasteiger partial charge in [0.2, 0.25) is 0 Å². The number of hydrogen-bond acceptors (Lipinski definition) is 4. The van der Waals surface area contributed by atoms with Gasteiger partial charge in [0.15, 0.2) is 5.69 Å². The van der Waals surface area contributed by atoms with E-state index in [0.717, 1.165) is 11.3 Å². The highest BCUT2D eigenvalue weighted by atomic mass is 16.2. The second-order valence-electron chi connectivity index (χ2n) is 5.80. The molecule has 2 aromatic rings. The van der Waals surface area contributed by atoms with E-state index >= 15 is 0 Å². The lowest BCUT2D eigenvalue weighted by Gasteiger charge is -2.20. The number of amides is 2. The van der Waals surface area contributed by atoms with E-state index in [1.54, 1.807) is 10.9 Å². The number of pyridine rings is 1. The van der Waals surface area contributed by atoms with E-state index in [0.29, 0.717) is 25.2 Å². The van der Waals surface area contributed by atoms with Crippen molar-refractivity contribution in [2.75, 3.05) is 6.54 Å². The fraction of sp³-hybridized carbons (Fsp3) is 0.375. The fourth-order valence-electron chi connectivity index (χ4n) is 2.49. The summed E-state index contributed by atoms with van der Waals surface area (Å²) in [5.74, 6) is -0.473. The van der Waals surface area contributed by atoms with Gasteiger partial charge in [0.05, 0.1) is 6.54 Å². The van der Waals surface area contributed by atoms with Gasteiger partial charge in [-0.2, -0.15) is 5.10 Å². The van der Waals surface area contributed by atoms with E-state index < -0.39 is 0 Å². The molecule has 0 spiro atoms. The largest absolute Gasteiger partial charge is 0.350 e. The van der Waals surface area contributed by atoms with Crippen LogP contribution < -0.4 is 10.6 Å². The Hall–Kier alpha value is -2.70. The molecule has 120 valence electrons. The molecule has 1 aliphatic rings. The molecule has 2 N–H and O–H groups in total. The Morgan fingerprint density at radius 1 is 1.48 bits per heavy atom. The quantitative estimate of drug-likeness (QED) is 0.869. The minimum atomic E-state index is -0.278. The van der Waals surface area contributed by atoms with Crippen LogP contribution in [0.1, 0.15) is 39.2 Å². The van der Waals surface area contributed by atoms with Crippen molar-refractivity contribution in [3.8, 4) is 0 Å². The van der Waals surface area contributed by atoms with Gasteiger partial charge >= 0.3 is 0 Å². The first-order valence-corrected chi connectivity index (χ1v) is 7.61. The van der Waals surface area contributed by atoms with Crippen molar-refractivity contribution in [3.63, 3.8) is 0 Å². The average molecular weight is 313 g/mol. The molecule has 23 heavy (non-hydrogen) atoms. The predicted octanol–water partition coefficient (Wildman–Crippen LogP) is 0.691. The number of carbonyl (C=O) groups excluding carboxylic acids is 2. The molecule has 0 aromatic carbocycles. The lowest BCUT2D eigenvalue weighted by atomic mass is 10.2. The van der Waals surface area contributed by atoms with Gasteiger partial charge < -0.3 is 10.6 Å². The monoisotopic (exact) mass is 313 g/mol. The maximum Gasteiger partial charge on any atom is 0.271 e. The highest BCUT2D eigenvalue weighted by molar-refractivity contribution is 5.98. The van der Waals surface area contributed by atoms with Gasteiger partial charge in [-0.1, -0.05) is 6.07 Å². The van der Waals surface area contributed by atoms with Crippen molar-refractivity contribution in [2.45, 2.75) is 32.9 Å². The summed E-state index contributed by atoms with van der Waals surface area (Å²) >= 11 is 0. The van der Waals surface area contributed by atoms with Crippen molar-refractivity contribution < 1.29 is 9.59 Å². The maximum absolute atomic E-state index is 12.2. The summed E-state index contributed by atoms with van der Waals surface area (Å²) in [7, 11) is 0. The topological polar surface area (TPSA) is 88.9 Å². The Balaban J connectivity index is 1.59. The maximum atomic E-state index is 12.2. The van der Waals surface area contributed by atoms with E-state index in [-0.39, 0.29) is 23.6 Å².